The molecule has 0 aliphatic carbocycles. The Morgan fingerprint density at radius 1 is 0.789 bits per heavy atom. The zero-order valence-corrected chi connectivity index (χ0v) is 13.5. The second kappa shape index (κ2) is 7.19. The van der Waals surface area contributed by atoms with Crippen molar-refractivity contribution in [3.8, 4) is 0 Å². The van der Waals surface area contributed by atoms with Gasteiger partial charge in [-0.2, -0.15) is 0 Å². The molecule has 0 bridgehead atoms. The predicted octanol–water partition coefficient (Wildman–Crippen LogP) is 3.98. The van der Waals surface area contributed by atoms with Crippen molar-refractivity contribution in [2.45, 2.75) is 13.2 Å². The van der Waals surface area contributed by atoms with Crippen molar-refractivity contribution in [1.82, 2.24) is 0 Å². The van der Waals surface area contributed by atoms with Gasteiger partial charge in [-0.1, -0.05) is 0 Å². The van der Waals surface area contributed by atoms with Crippen molar-refractivity contribution < 1.29 is 9.05 Å². The topological polar surface area (TPSA) is 18.5 Å². The Morgan fingerprint density at radius 3 is 1.53 bits per heavy atom. The standard InChI is InChI=1S/C15H17O2PSe/c1-18(19,16-12-14-8-4-2-5-9-14)17-13-15-10-6-3-7-11-15/h2-11H,12-13H2,1H3. The third-order valence-corrected chi connectivity index (χ3v) is 5.14. The molecule has 4 heteroatoms. The third kappa shape index (κ3) is 5.44. The second-order valence-corrected chi connectivity index (χ2v) is 10.5. The van der Waals surface area contributed by atoms with Crippen LogP contribution in [0.1, 0.15) is 11.1 Å². The van der Waals surface area contributed by atoms with Crippen LogP contribution in [0.4, 0.5) is 0 Å². The van der Waals surface area contributed by atoms with Gasteiger partial charge in [0.05, 0.1) is 0 Å². The summed E-state index contributed by atoms with van der Waals surface area (Å²) in [5.41, 5.74) is 2.32. The molecule has 0 aliphatic heterocycles. The van der Waals surface area contributed by atoms with Gasteiger partial charge < -0.3 is 0 Å². The van der Waals surface area contributed by atoms with Gasteiger partial charge in [0.25, 0.3) is 0 Å². The van der Waals surface area contributed by atoms with Crippen molar-refractivity contribution in [3.05, 3.63) is 71.8 Å². The molecule has 0 saturated carbocycles. The van der Waals surface area contributed by atoms with Crippen LogP contribution in [0.25, 0.3) is 0 Å². The summed E-state index contributed by atoms with van der Waals surface area (Å²) in [6.07, 6.45) is 0. The summed E-state index contributed by atoms with van der Waals surface area (Å²) in [4.78, 5) is 0. The zero-order chi connectivity index (χ0) is 13.6. The fourth-order valence-corrected chi connectivity index (χ4v) is 3.07. The molecule has 2 rings (SSSR count). The SMILES string of the molecule is CP(=[Se])(OCc1ccccc1)OCc1ccccc1. The van der Waals surface area contributed by atoms with E-state index in [1.54, 1.807) is 0 Å². The molecule has 0 spiro atoms. The van der Waals surface area contributed by atoms with E-state index >= 15 is 0 Å². The van der Waals surface area contributed by atoms with E-state index in [9.17, 15) is 0 Å². The molecule has 0 aliphatic rings. The van der Waals surface area contributed by atoms with Crippen molar-refractivity contribution >= 4 is 21.1 Å². The molecule has 0 saturated heterocycles. The van der Waals surface area contributed by atoms with Crippen LogP contribution in [0, 0.1) is 0 Å². The minimum atomic E-state index is -1.90. The van der Waals surface area contributed by atoms with E-state index in [-0.39, 0.29) is 0 Å². The summed E-state index contributed by atoms with van der Waals surface area (Å²) in [6, 6.07) is 20.3. The number of hydrogen-bond acceptors (Lipinski definition) is 2. The Morgan fingerprint density at radius 2 is 1.16 bits per heavy atom. The van der Waals surface area contributed by atoms with E-state index in [0.717, 1.165) is 11.1 Å². The van der Waals surface area contributed by atoms with Crippen molar-refractivity contribution in [2.24, 2.45) is 0 Å². The Hall–Kier alpha value is -0.691. The fourth-order valence-electron chi connectivity index (χ4n) is 1.57. The first-order valence-corrected chi connectivity index (χ1v) is 10.4. The first-order chi connectivity index (χ1) is 9.16. The Balaban J connectivity index is 1.84. The van der Waals surface area contributed by atoms with Crippen LogP contribution in [0.5, 0.6) is 0 Å². The summed E-state index contributed by atoms with van der Waals surface area (Å²) in [6.45, 7) is 3.15. The molecule has 0 radical (unpaired) electrons. The molecule has 0 atom stereocenters. The molecule has 0 unspecified atom stereocenters. The van der Waals surface area contributed by atoms with Gasteiger partial charge in [-0.05, 0) is 0 Å². The maximum absolute atomic E-state index is 5.87. The van der Waals surface area contributed by atoms with Gasteiger partial charge in [-0.25, -0.2) is 0 Å². The molecule has 2 aromatic carbocycles. The molecule has 0 N–H and O–H groups in total. The first-order valence-electron chi connectivity index (χ1n) is 6.10. The maximum atomic E-state index is 5.87. The van der Waals surface area contributed by atoms with Gasteiger partial charge in [0, 0.05) is 0 Å². The Kier molecular flexibility index (Phi) is 5.57. The zero-order valence-electron chi connectivity index (χ0n) is 10.9. The monoisotopic (exact) mass is 340 g/mol. The average Bonchev–Trinajstić information content (AvgIpc) is 2.46. The first kappa shape index (κ1) is 14.7. The van der Waals surface area contributed by atoms with E-state index in [4.69, 9.17) is 9.05 Å². The van der Waals surface area contributed by atoms with Crippen LogP contribution in [-0.2, 0) is 22.3 Å². The molecule has 2 nitrogen and oxygen atoms in total. The van der Waals surface area contributed by atoms with Gasteiger partial charge in [0.15, 0.2) is 0 Å². The van der Waals surface area contributed by atoms with Crippen LogP contribution in [0.3, 0.4) is 0 Å². The molecule has 2 aromatic rings. The van der Waals surface area contributed by atoms with Crippen molar-refractivity contribution in [3.63, 3.8) is 0 Å². The summed E-state index contributed by atoms with van der Waals surface area (Å²) >= 11 is 3.06. The third-order valence-electron chi connectivity index (χ3n) is 2.62. The predicted molar refractivity (Wildman–Crippen MR) is 81.1 cm³/mol. The molecule has 100 valence electrons. The Bertz CT molecular complexity index is 495. The van der Waals surface area contributed by atoms with Crippen LogP contribution in [0.15, 0.2) is 60.7 Å². The fraction of sp³-hybridized carbons (Fsp3) is 0.200. The molecule has 0 fully saturated rings. The number of rotatable bonds is 6. The average molecular weight is 339 g/mol. The number of hydrogen-bond donors (Lipinski definition) is 0. The van der Waals surface area contributed by atoms with Gasteiger partial charge in [0.2, 0.25) is 0 Å². The van der Waals surface area contributed by atoms with Gasteiger partial charge >= 0.3 is 122 Å². The minimum absolute atomic E-state index is 0.576. The summed E-state index contributed by atoms with van der Waals surface area (Å²) in [5, 5.41) is 0. The summed E-state index contributed by atoms with van der Waals surface area (Å²) in [7, 11) is 0. The molecule has 19 heavy (non-hydrogen) atoms. The quantitative estimate of drug-likeness (QED) is 0.585. The van der Waals surface area contributed by atoms with Gasteiger partial charge in [0.1, 0.15) is 0 Å². The molecule has 0 heterocycles. The molecule has 0 aromatic heterocycles. The van der Waals surface area contributed by atoms with Crippen molar-refractivity contribution in [2.75, 3.05) is 6.66 Å². The van der Waals surface area contributed by atoms with E-state index < -0.39 is 5.96 Å². The van der Waals surface area contributed by atoms with E-state index in [0.29, 0.717) is 13.2 Å². The molecule has 0 amide bonds. The van der Waals surface area contributed by atoms with Crippen LogP contribution < -0.4 is 0 Å². The van der Waals surface area contributed by atoms with E-state index in [2.05, 4.69) is 39.4 Å². The normalized spacial score (nSPS) is 11.4. The Labute approximate surface area is 122 Å². The van der Waals surface area contributed by atoms with Crippen molar-refractivity contribution in [1.29, 1.82) is 0 Å². The summed E-state index contributed by atoms with van der Waals surface area (Å²) < 4.78 is 11.7. The van der Waals surface area contributed by atoms with Crippen LogP contribution in [0.2, 0.25) is 0 Å². The van der Waals surface area contributed by atoms with Gasteiger partial charge in [-0.3, -0.25) is 0 Å². The molecular formula is C15H17O2PSe. The number of benzene rings is 2. The summed E-state index contributed by atoms with van der Waals surface area (Å²) in [5.74, 6) is -1.90. The van der Waals surface area contributed by atoms with E-state index in [1.165, 1.54) is 0 Å². The van der Waals surface area contributed by atoms with Gasteiger partial charge in [-0.15, -0.1) is 0 Å². The molecular weight excluding hydrogens is 322 g/mol. The van der Waals surface area contributed by atoms with Crippen LogP contribution >= 0.6 is 5.96 Å². The van der Waals surface area contributed by atoms with E-state index in [1.807, 2.05) is 43.1 Å². The van der Waals surface area contributed by atoms with Crippen LogP contribution in [-0.4, -0.2) is 21.8 Å². The second-order valence-electron chi connectivity index (χ2n) is 4.29.